The maximum absolute atomic E-state index is 13.1. The summed E-state index contributed by atoms with van der Waals surface area (Å²) in [5.41, 5.74) is 7.32. The molecule has 1 aromatic carbocycles. The Balaban J connectivity index is 2.38. The first-order valence-electron chi connectivity index (χ1n) is 13.8. The molecule has 0 aliphatic carbocycles. The number of phenolic OH excluding ortho intramolecular Hbond substituents is 1. The number of fused-ring (bicyclic) bond motifs is 1. The maximum Gasteiger partial charge on any atom is 0.405 e. The van der Waals surface area contributed by atoms with Crippen molar-refractivity contribution in [1.29, 1.82) is 0 Å². The van der Waals surface area contributed by atoms with Crippen LogP contribution in [0.5, 0.6) is 11.5 Å². The van der Waals surface area contributed by atoms with Crippen LogP contribution in [0, 0.1) is 5.92 Å². The van der Waals surface area contributed by atoms with Gasteiger partial charge in [-0.2, -0.15) is 0 Å². The topological polar surface area (TPSA) is 161 Å². The summed E-state index contributed by atoms with van der Waals surface area (Å²) < 4.78 is 16.4. The number of amides is 3. The summed E-state index contributed by atoms with van der Waals surface area (Å²) in [4.78, 5) is 38.6. The number of rotatable bonds is 15. The van der Waals surface area contributed by atoms with Crippen LogP contribution in [0.2, 0.25) is 0 Å². The van der Waals surface area contributed by atoms with Crippen LogP contribution in [0.3, 0.4) is 0 Å². The van der Waals surface area contributed by atoms with Gasteiger partial charge >= 0.3 is 6.09 Å². The summed E-state index contributed by atoms with van der Waals surface area (Å²) >= 11 is 0. The number of aromatic hydroxyl groups is 1. The van der Waals surface area contributed by atoms with Gasteiger partial charge < -0.3 is 40.4 Å². The van der Waals surface area contributed by atoms with E-state index in [9.17, 15) is 24.6 Å². The zero-order valence-corrected chi connectivity index (χ0v) is 25.0. The molecule has 5 N–H and O–H groups in total. The first kappa shape index (κ1) is 34.1. The van der Waals surface area contributed by atoms with Crippen molar-refractivity contribution in [3.63, 3.8) is 0 Å². The molecular formula is C31H43N3O8. The lowest BCUT2D eigenvalue weighted by atomic mass is 9.93. The van der Waals surface area contributed by atoms with Crippen molar-refractivity contribution in [3.8, 4) is 11.5 Å². The molecule has 1 aliphatic heterocycles. The Bertz CT molecular complexity index is 1240. The summed E-state index contributed by atoms with van der Waals surface area (Å²) in [6.07, 6.45) is 7.53. The van der Waals surface area contributed by atoms with Crippen molar-refractivity contribution < 1.29 is 38.8 Å². The van der Waals surface area contributed by atoms with Crippen LogP contribution in [-0.2, 0) is 25.5 Å². The quantitative estimate of drug-likeness (QED) is 0.103. The fraction of sp³-hybridized carbons (Fsp3) is 0.452. The van der Waals surface area contributed by atoms with Gasteiger partial charge in [0.2, 0.25) is 0 Å². The molecule has 0 radical (unpaired) electrons. The molecular weight excluding hydrogens is 542 g/mol. The zero-order valence-electron chi connectivity index (χ0n) is 25.0. The van der Waals surface area contributed by atoms with Crippen LogP contribution in [-0.4, -0.2) is 67.2 Å². The molecule has 0 saturated carbocycles. The Morgan fingerprint density at radius 3 is 2.64 bits per heavy atom. The monoisotopic (exact) mass is 585 g/mol. The number of nitrogens with one attached hydrogen (secondary N) is 1. The number of hydrogen-bond acceptors (Lipinski definition) is 8. The van der Waals surface area contributed by atoms with Crippen LogP contribution in [0.4, 0.5) is 16.2 Å². The molecule has 230 valence electrons. The van der Waals surface area contributed by atoms with Crippen LogP contribution < -0.4 is 20.7 Å². The summed E-state index contributed by atoms with van der Waals surface area (Å²) in [6, 6.07) is 1.50. The number of benzene rings is 1. The number of carbonyl (C=O) groups excluding carboxylic acids is 3. The van der Waals surface area contributed by atoms with E-state index in [1.807, 2.05) is 6.92 Å². The average Bonchev–Trinajstić information content (AvgIpc) is 2.96. The van der Waals surface area contributed by atoms with Gasteiger partial charge in [-0.15, -0.1) is 6.58 Å². The highest BCUT2D eigenvalue weighted by Gasteiger charge is 2.32. The molecule has 1 heterocycles. The Labute approximate surface area is 247 Å². The van der Waals surface area contributed by atoms with Gasteiger partial charge in [-0.25, -0.2) is 4.79 Å². The van der Waals surface area contributed by atoms with Crippen molar-refractivity contribution in [2.75, 3.05) is 37.1 Å². The van der Waals surface area contributed by atoms with Gasteiger partial charge in [-0.1, -0.05) is 37.3 Å². The van der Waals surface area contributed by atoms with Crippen LogP contribution in [0.15, 0.2) is 54.2 Å². The molecule has 0 unspecified atom stereocenters. The highest BCUT2D eigenvalue weighted by molar-refractivity contribution is 6.06. The van der Waals surface area contributed by atoms with Gasteiger partial charge in [0.1, 0.15) is 17.6 Å². The number of hydrogen-bond donors (Lipinski definition) is 4. The highest BCUT2D eigenvalue weighted by Crippen LogP contribution is 2.46. The number of aliphatic hydroxyl groups is 1. The second-order valence-electron chi connectivity index (χ2n) is 10.1. The first-order valence-corrected chi connectivity index (χ1v) is 13.8. The number of nitrogens with two attached hydrogens (primary N) is 1. The van der Waals surface area contributed by atoms with E-state index >= 15 is 0 Å². The van der Waals surface area contributed by atoms with Gasteiger partial charge in [-0.05, 0) is 51.5 Å². The van der Waals surface area contributed by atoms with E-state index in [4.69, 9.17) is 19.9 Å². The maximum atomic E-state index is 13.1. The number of ether oxygens (including phenoxy) is 3. The number of methoxy groups -OCH3 is 1. The predicted molar refractivity (Wildman–Crippen MR) is 162 cm³/mol. The molecule has 0 fully saturated rings. The van der Waals surface area contributed by atoms with Crippen LogP contribution in [0.1, 0.15) is 46.1 Å². The molecule has 1 aliphatic rings. The molecule has 0 aromatic heterocycles. The van der Waals surface area contributed by atoms with E-state index < -0.39 is 24.2 Å². The van der Waals surface area contributed by atoms with E-state index in [0.717, 1.165) is 5.57 Å². The highest BCUT2D eigenvalue weighted by atomic mass is 16.6. The average molecular weight is 586 g/mol. The number of carbonyl (C=O) groups is 3. The van der Waals surface area contributed by atoms with Gasteiger partial charge in [-0.3, -0.25) is 9.59 Å². The standard InChI is InChI=1S/C31H43N3O8/c1-7-14-34-26(36)18-41-25-17-23(28(37)22(27(25)34)16-19(3)11-10-15-35)33-30(38)21(5)12-9-13-24(40-6)29(20(4)8-2)42-31(32)39/h7-9,12-13,17,19,24,29,35,37H,1,10-11,14-16,18H2,2-6H3,(H2,32,39)(H,33,38)/b13-9-,20-8+,21-12+/t19-,24-,29-/m0/s1. The second-order valence-corrected chi connectivity index (χ2v) is 10.1. The van der Waals surface area contributed by atoms with E-state index in [2.05, 4.69) is 11.9 Å². The van der Waals surface area contributed by atoms with Crippen molar-refractivity contribution in [2.45, 2.75) is 59.2 Å². The summed E-state index contributed by atoms with van der Waals surface area (Å²) in [5.74, 6) is -0.488. The number of primary amides is 1. The van der Waals surface area contributed by atoms with Crippen LogP contribution in [0.25, 0.3) is 0 Å². The molecule has 1 aromatic rings. The molecule has 2 rings (SSSR count). The Morgan fingerprint density at radius 2 is 2.05 bits per heavy atom. The number of phenols is 1. The minimum Gasteiger partial charge on any atom is -0.505 e. The Kier molecular flexibility index (Phi) is 13.3. The molecule has 3 atom stereocenters. The smallest absolute Gasteiger partial charge is 0.405 e. The van der Waals surface area contributed by atoms with E-state index in [1.54, 1.807) is 51.2 Å². The lowest BCUT2D eigenvalue weighted by Gasteiger charge is -2.32. The number of allylic oxidation sites excluding steroid dienone is 3. The second kappa shape index (κ2) is 16.4. The molecule has 0 bridgehead atoms. The van der Waals surface area contributed by atoms with Gasteiger partial charge in [0.25, 0.3) is 11.8 Å². The lowest BCUT2D eigenvalue weighted by Crippen LogP contribution is -2.39. The normalized spacial score (nSPS) is 16.0. The van der Waals surface area contributed by atoms with Gasteiger partial charge in [0.05, 0.1) is 11.4 Å². The van der Waals surface area contributed by atoms with Crippen LogP contribution >= 0.6 is 0 Å². The Hall–Kier alpha value is -4.09. The van der Waals surface area contributed by atoms with Gasteiger partial charge in [0, 0.05) is 37.5 Å². The van der Waals surface area contributed by atoms with E-state index in [1.165, 1.54) is 18.1 Å². The lowest BCUT2D eigenvalue weighted by molar-refractivity contribution is -0.121. The largest absolute Gasteiger partial charge is 0.505 e. The third kappa shape index (κ3) is 8.95. The summed E-state index contributed by atoms with van der Waals surface area (Å²) in [6.45, 7) is 11.0. The first-order chi connectivity index (χ1) is 20.0. The Morgan fingerprint density at radius 1 is 1.33 bits per heavy atom. The van der Waals surface area contributed by atoms with E-state index in [-0.39, 0.29) is 43.0 Å². The fourth-order valence-electron chi connectivity index (χ4n) is 4.56. The van der Waals surface area contributed by atoms with E-state index in [0.29, 0.717) is 41.8 Å². The number of anilines is 2. The number of nitrogens with zero attached hydrogens (tertiary/aromatic N) is 1. The van der Waals surface area contributed by atoms with Crippen molar-refractivity contribution in [3.05, 3.63) is 59.7 Å². The molecule has 11 nitrogen and oxygen atoms in total. The summed E-state index contributed by atoms with van der Waals surface area (Å²) in [7, 11) is 1.46. The molecule has 0 saturated heterocycles. The molecule has 42 heavy (non-hydrogen) atoms. The summed E-state index contributed by atoms with van der Waals surface area (Å²) in [5, 5.41) is 23.3. The van der Waals surface area contributed by atoms with Crippen molar-refractivity contribution >= 4 is 29.3 Å². The fourth-order valence-corrected chi connectivity index (χ4v) is 4.56. The van der Waals surface area contributed by atoms with Crippen molar-refractivity contribution in [2.24, 2.45) is 11.7 Å². The van der Waals surface area contributed by atoms with Crippen molar-refractivity contribution in [1.82, 2.24) is 0 Å². The SMILES string of the molecule is C=CCN1C(=O)COc2cc(NC(=O)/C(C)=C/C=C\[C@H](OC)[C@@H](OC(N)=O)/C(C)=C/C)c(O)c(C[C@@H](C)CCCO)c21. The minimum absolute atomic E-state index is 0.0492. The minimum atomic E-state index is -0.935. The van der Waals surface area contributed by atoms with Gasteiger partial charge in [0.15, 0.2) is 12.7 Å². The third-order valence-electron chi connectivity index (χ3n) is 6.95. The molecule has 3 amide bonds. The third-order valence-corrected chi connectivity index (χ3v) is 6.95. The predicted octanol–water partition coefficient (Wildman–Crippen LogP) is 4.14. The number of aliphatic hydroxyl groups excluding tert-OH is 1. The molecule has 0 spiro atoms. The molecule has 11 heteroatoms. The zero-order chi connectivity index (χ0) is 31.4.